The van der Waals surface area contributed by atoms with Crippen LogP contribution in [0.3, 0.4) is 0 Å². The van der Waals surface area contributed by atoms with Crippen LogP contribution in [0.2, 0.25) is 36.3 Å². The lowest BCUT2D eigenvalue weighted by molar-refractivity contribution is -0.110. The number of aliphatic hydroxyl groups is 1. The van der Waals surface area contributed by atoms with E-state index >= 15 is 0 Å². The first-order valence-corrected chi connectivity index (χ1v) is 20.5. The predicted octanol–water partition coefficient (Wildman–Crippen LogP) is 6.91. The lowest BCUT2D eigenvalue weighted by Crippen LogP contribution is -2.41. The number of aliphatic hydroxyl groups excluding tert-OH is 1. The summed E-state index contributed by atoms with van der Waals surface area (Å²) < 4.78 is 12.5. The molecule has 1 N–H and O–H groups in total. The van der Waals surface area contributed by atoms with Crippen LogP contribution in [0.4, 0.5) is 0 Å². The Morgan fingerprint density at radius 3 is 1.70 bits per heavy atom. The van der Waals surface area contributed by atoms with E-state index in [-0.39, 0.29) is 28.0 Å². The van der Waals surface area contributed by atoms with Crippen LogP contribution in [0, 0.1) is 11.8 Å². The van der Waals surface area contributed by atoms with E-state index in [2.05, 4.69) is 77.7 Å². The molecule has 0 unspecified atom stereocenters. The lowest BCUT2D eigenvalue weighted by atomic mass is 10.00. The Morgan fingerprint density at radius 1 is 0.825 bits per heavy atom. The van der Waals surface area contributed by atoms with E-state index in [0.717, 1.165) is 37.1 Å². The molecule has 0 bridgehead atoms. The maximum absolute atomic E-state index is 11.5. The predicted molar refractivity (Wildman–Crippen MR) is 167 cm³/mol. The maximum atomic E-state index is 11.5. The summed E-state index contributed by atoms with van der Waals surface area (Å²) in [4.78, 5) is 20.3. The van der Waals surface area contributed by atoms with Crippen LogP contribution in [0.25, 0.3) is 0 Å². The van der Waals surface area contributed by atoms with Crippen LogP contribution in [0.5, 0.6) is 0 Å². The Kier molecular flexibility index (Phi) is 9.74. The fourth-order valence-electron chi connectivity index (χ4n) is 4.61. The van der Waals surface area contributed by atoms with E-state index in [1.807, 2.05) is 36.4 Å². The first-order chi connectivity index (χ1) is 18.5. The molecule has 0 radical (unpaired) electrons. The second-order valence-corrected chi connectivity index (χ2v) is 24.5. The summed E-state index contributed by atoms with van der Waals surface area (Å²) in [6.45, 7) is 24.1. The molecule has 0 aliphatic heterocycles. The molecule has 8 heteroatoms. The fourth-order valence-corrected chi connectivity index (χ4v) is 6.71. The molecule has 2 fully saturated rings. The normalized spacial score (nSPS) is 26.5. The summed E-state index contributed by atoms with van der Waals surface area (Å²) in [5, 5.41) is 10.2. The molecule has 2 aliphatic rings. The molecule has 2 aliphatic carbocycles. The zero-order valence-corrected chi connectivity index (χ0v) is 28.5. The average molecular weight is 585 g/mol. The molecule has 6 nitrogen and oxygen atoms in total. The minimum absolute atomic E-state index is 0.162. The van der Waals surface area contributed by atoms with Crippen molar-refractivity contribution in [2.24, 2.45) is 11.8 Å². The van der Waals surface area contributed by atoms with Gasteiger partial charge in [0.25, 0.3) is 0 Å². The number of carbonyl (C=O) groups is 1. The number of carbonyl (C=O) groups excluding carboxylic acids is 1. The maximum Gasteiger partial charge on any atom is 0.191 e. The highest BCUT2D eigenvalue weighted by atomic mass is 28.4. The minimum atomic E-state index is -1.74. The van der Waals surface area contributed by atoms with Gasteiger partial charge in [-0.2, -0.15) is 0 Å². The van der Waals surface area contributed by atoms with Gasteiger partial charge in [-0.25, -0.2) is 0 Å². The molecular formula is C32H52N2O4Si2. The van der Waals surface area contributed by atoms with Crippen LogP contribution in [0.15, 0.2) is 48.8 Å². The number of pyridine rings is 2. The van der Waals surface area contributed by atoms with Crippen LogP contribution in [-0.4, -0.2) is 57.8 Å². The van der Waals surface area contributed by atoms with Crippen molar-refractivity contribution in [2.45, 2.75) is 101 Å². The summed E-state index contributed by atoms with van der Waals surface area (Å²) in [5.74, 6) is 0.681. The van der Waals surface area contributed by atoms with Gasteiger partial charge in [0.15, 0.2) is 16.6 Å². The van der Waals surface area contributed by atoms with E-state index in [0.29, 0.717) is 12.5 Å². The van der Waals surface area contributed by atoms with Gasteiger partial charge in [0.2, 0.25) is 0 Å². The highest BCUT2D eigenvalue weighted by molar-refractivity contribution is 6.74. The Labute approximate surface area is 244 Å². The van der Waals surface area contributed by atoms with Gasteiger partial charge in [0, 0.05) is 42.6 Å². The van der Waals surface area contributed by atoms with Gasteiger partial charge in [0.1, 0.15) is 6.29 Å². The number of hydrogen-bond donors (Lipinski definition) is 1. The highest BCUT2D eigenvalue weighted by Crippen LogP contribution is 2.54. The molecular weight excluding hydrogens is 533 g/mol. The van der Waals surface area contributed by atoms with Gasteiger partial charge in [-0.3, -0.25) is 9.97 Å². The third kappa shape index (κ3) is 7.01. The van der Waals surface area contributed by atoms with Crippen molar-refractivity contribution in [3.63, 3.8) is 0 Å². The quantitative estimate of drug-likeness (QED) is 0.241. The van der Waals surface area contributed by atoms with E-state index < -0.39 is 22.0 Å². The second kappa shape index (κ2) is 11.9. The molecule has 0 saturated heterocycles. The van der Waals surface area contributed by atoms with Gasteiger partial charge in [0.05, 0.1) is 17.7 Å². The zero-order valence-electron chi connectivity index (χ0n) is 26.5. The summed E-state index contributed by atoms with van der Waals surface area (Å²) in [5.41, 5.74) is 1.33. The van der Waals surface area contributed by atoms with Crippen molar-refractivity contribution in [1.29, 1.82) is 0 Å². The molecule has 2 aromatic rings. The summed E-state index contributed by atoms with van der Waals surface area (Å²) >= 11 is 0. The molecule has 222 valence electrons. The molecule has 0 amide bonds. The van der Waals surface area contributed by atoms with Crippen molar-refractivity contribution >= 4 is 22.9 Å². The molecule has 40 heavy (non-hydrogen) atoms. The Bertz CT molecular complexity index is 1120. The molecule has 0 aromatic carbocycles. The van der Waals surface area contributed by atoms with Crippen LogP contribution in [0.1, 0.15) is 65.8 Å². The Balaban J connectivity index is 0.000000220. The van der Waals surface area contributed by atoms with Crippen molar-refractivity contribution in [3.05, 3.63) is 60.2 Å². The zero-order chi connectivity index (χ0) is 30.0. The van der Waals surface area contributed by atoms with Gasteiger partial charge in [-0.1, -0.05) is 53.7 Å². The van der Waals surface area contributed by atoms with E-state index in [4.69, 9.17) is 8.85 Å². The van der Waals surface area contributed by atoms with Gasteiger partial charge >= 0.3 is 0 Å². The van der Waals surface area contributed by atoms with Gasteiger partial charge in [-0.05, 0) is 79.3 Å². The second-order valence-electron chi connectivity index (χ2n) is 14.8. The Hall–Kier alpha value is -1.72. The van der Waals surface area contributed by atoms with E-state index in [1.165, 1.54) is 0 Å². The van der Waals surface area contributed by atoms with E-state index in [1.54, 1.807) is 12.4 Å². The largest absolute Gasteiger partial charge is 0.417 e. The molecule has 2 aromatic heterocycles. The molecule has 0 spiro atoms. The van der Waals surface area contributed by atoms with Crippen molar-refractivity contribution in [2.75, 3.05) is 19.8 Å². The van der Waals surface area contributed by atoms with Crippen molar-refractivity contribution in [1.82, 2.24) is 9.97 Å². The van der Waals surface area contributed by atoms with Crippen LogP contribution < -0.4 is 0 Å². The minimum Gasteiger partial charge on any atom is -0.417 e. The first kappa shape index (κ1) is 32.8. The van der Waals surface area contributed by atoms with Crippen LogP contribution >= 0.6 is 0 Å². The Morgan fingerprint density at radius 2 is 1.30 bits per heavy atom. The SMILES string of the molecule is CC(C)(C)[Si](C)(C)OC[C@H]1C[C@]1(C=O)c1ccccn1.CC(C)(C)[Si](C)(C)OC[C@H]1C[C@]1(CO)c1ccccn1. The number of aldehydes is 1. The highest BCUT2D eigenvalue weighted by Gasteiger charge is 2.58. The molecule has 2 heterocycles. The molecule has 4 atom stereocenters. The van der Waals surface area contributed by atoms with Crippen molar-refractivity contribution in [3.8, 4) is 0 Å². The summed E-state index contributed by atoms with van der Waals surface area (Å²) in [6, 6.07) is 11.7. The standard InChI is InChI=1S/C16H27NO2Si.C16H25NO2Si/c2*1-15(2,3)20(4,5)19-11-13-10-16(13,12-18)14-8-6-7-9-17-14/h6-9,13,18H,10-12H2,1-5H3;6-9,12-13H,10-11H2,1-5H3/t2*13-,16-/m11/s1. The first-order valence-electron chi connectivity index (χ1n) is 14.6. The number of hydrogen-bond acceptors (Lipinski definition) is 6. The summed E-state index contributed by atoms with van der Waals surface area (Å²) in [6.07, 6.45) is 6.47. The average Bonchev–Trinajstić information content (AvgIpc) is 3.80. The van der Waals surface area contributed by atoms with Crippen molar-refractivity contribution < 1.29 is 18.8 Å². The third-order valence-corrected chi connectivity index (χ3v) is 19.1. The lowest BCUT2D eigenvalue weighted by Gasteiger charge is -2.36. The van der Waals surface area contributed by atoms with Gasteiger partial charge < -0.3 is 18.8 Å². The number of nitrogens with zero attached hydrogens (tertiary/aromatic N) is 2. The smallest absolute Gasteiger partial charge is 0.191 e. The molecule has 4 rings (SSSR count). The summed E-state index contributed by atoms with van der Waals surface area (Å²) in [7, 11) is -3.45. The van der Waals surface area contributed by atoms with E-state index in [9.17, 15) is 9.90 Å². The fraction of sp³-hybridized carbons (Fsp3) is 0.656. The van der Waals surface area contributed by atoms with Crippen LogP contribution in [-0.2, 0) is 24.5 Å². The monoisotopic (exact) mass is 584 g/mol. The molecule has 2 saturated carbocycles. The third-order valence-electron chi connectivity index (χ3n) is 10.1. The van der Waals surface area contributed by atoms with Gasteiger partial charge in [-0.15, -0.1) is 0 Å². The number of aromatic nitrogens is 2. The topological polar surface area (TPSA) is 81.5 Å². The number of rotatable bonds is 10.